The van der Waals surface area contributed by atoms with Crippen LogP contribution in [0.3, 0.4) is 0 Å². The molecule has 1 aromatic carbocycles. The van der Waals surface area contributed by atoms with Crippen molar-refractivity contribution >= 4 is 5.91 Å². The SMILES string of the molecule is CNC(C)(C)[C@@H](Cc1ccccc1)C(=O)NCCOC1C#CCCCCC1. The zero-order valence-corrected chi connectivity index (χ0v) is 17.0. The Morgan fingerprint density at radius 3 is 2.78 bits per heavy atom. The number of nitrogens with one attached hydrogen (secondary N) is 2. The molecule has 0 heterocycles. The highest BCUT2D eigenvalue weighted by Crippen LogP contribution is 2.21. The van der Waals surface area contributed by atoms with Crippen LogP contribution in [0.15, 0.2) is 30.3 Å². The lowest BCUT2D eigenvalue weighted by Gasteiger charge is -2.33. The number of carbonyl (C=O) groups excluding carboxylic acids is 1. The first-order valence-corrected chi connectivity index (χ1v) is 10.1. The average molecular weight is 371 g/mol. The van der Waals surface area contributed by atoms with Crippen LogP contribution in [0.25, 0.3) is 0 Å². The van der Waals surface area contributed by atoms with Crippen molar-refractivity contribution in [3.63, 3.8) is 0 Å². The van der Waals surface area contributed by atoms with Crippen LogP contribution in [0.2, 0.25) is 0 Å². The molecular weight excluding hydrogens is 336 g/mol. The minimum atomic E-state index is -0.300. The van der Waals surface area contributed by atoms with E-state index in [9.17, 15) is 4.79 Å². The second-order valence-corrected chi connectivity index (χ2v) is 7.78. The molecule has 0 saturated heterocycles. The lowest BCUT2D eigenvalue weighted by atomic mass is 9.82. The monoisotopic (exact) mass is 370 g/mol. The van der Waals surface area contributed by atoms with E-state index in [0.29, 0.717) is 19.6 Å². The van der Waals surface area contributed by atoms with Gasteiger partial charge in [0.2, 0.25) is 5.91 Å². The number of rotatable bonds is 9. The van der Waals surface area contributed by atoms with Gasteiger partial charge in [0, 0.05) is 18.5 Å². The molecular formula is C23H34N2O2. The van der Waals surface area contributed by atoms with E-state index in [2.05, 4.69) is 48.5 Å². The van der Waals surface area contributed by atoms with E-state index < -0.39 is 0 Å². The molecule has 1 amide bonds. The first kappa shape index (κ1) is 21.5. The number of carbonyl (C=O) groups is 1. The summed E-state index contributed by atoms with van der Waals surface area (Å²) in [6, 6.07) is 10.2. The molecule has 0 fully saturated rings. The maximum absolute atomic E-state index is 12.9. The average Bonchev–Trinajstić information content (AvgIpc) is 2.65. The minimum absolute atomic E-state index is 0.0102. The zero-order valence-electron chi connectivity index (χ0n) is 17.0. The van der Waals surface area contributed by atoms with E-state index >= 15 is 0 Å². The standard InChI is InChI=1S/C23H34N2O2/c1-23(2,24-3)21(18-19-12-8-7-9-13-19)22(26)25-16-17-27-20-14-10-5-4-6-11-15-20/h7-9,12-13,20-21,24H,4-6,10,14,16-18H2,1-3H3,(H,25,26)/t20?,21-/m0/s1. The molecule has 2 atom stereocenters. The van der Waals surface area contributed by atoms with Crippen LogP contribution in [0, 0.1) is 17.8 Å². The summed E-state index contributed by atoms with van der Waals surface area (Å²) in [5.74, 6) is 6.29. The van der Waals surface area contributed by atoms with Crippen LogP contribution in [-0.2, 0) is 16.0 Å². The second-order valence-electron chi connectivity index (χ2n) is 7.78. The van der Waals surface area contributed by atoms with Gasteiger partial charge < -0.3 is 15.4 Å². The highest BCUT2D eigenvalue weighted by atomic mass is 16.5. The predicted octanol–water partition coefficient (Wildman–Crippen LogP) is 3.31. The Labute approximate surface area is 164 Å². The summed E-state index contributed by atoms with van der Waals surface area (Å²) in [5.41, 5.74) is 0.869. The summed E-state index contributed by atoms with van der Waals surface area (Å²) in [4.78, 5) is 12.9. The van der Waals surface area contributed by atoms with Crippen LogP contribution < -0.4 is 10.6 Å². The highest BCUT2D eigenvalue weighted by Gasteiger charge is 2.33. The zero-order chi connectivity index (χ0) is 19.5. The molecule has 1 unspecified atom stereocenters. The van der Waals surface area contributed by atoms with Crippen molar-refractivity contribution in [1.29, 1.82) is 0 Å². The van der Waals surface area contributed by atoms with Crippen molar-refractivity contribution in [2.24, 2.45) is 5.92 Å². The fourth-order valence-electron chi connectivity index (χ4n) is 3.30. The fourth-order valence-corrected chi connectivity index (χ4v) is 3.30. The van der Waals surface area contributed by atoms with E-state index in [-0.39, 0.29) is 23.5 Å². The number of hydrogen-bond donors (Lipinski definition) is 2. The summed E-state index contributed by atoms with van der Waals surface area (Å²) in [6.45, 7) is 5.16. The molecule has 0 aliphatic heterocycles. The van der Waals surface area contributed by atoms with Crippen LogP contribution in [0.1, 0.15) is 51.5 Å². The van der Waals surface area contributed by atoms with Crippen molar-refractivity contribution in [2.45, 2.75) is 64.0 Å². The van der Waals surface area contributed by atoms with Gasteiger partial charge in [-0.15, -0.1) is 5.92 Å². The summed E-state index contributed by atoms with van der Waals surface area (Å²) < 4.78 is 5.87. The van der Waals surface area contributed by atoms with Crippen LogP contribution in [0.4, 0.5) is 0 Å². The van der Waals surface area contributed by atoms with E-state index in [1.54, 1.807) is 0 Å². The topological polar surface area (TPSA) is 50.4 Å². The van der Waals surface area contributed by atoms with Crippen LogP contribution in [-0.4, -0.2) is 37.7 Å². The van der Waals surface area contributed by atoms with Crippen molar-refractivity contribution < 1.29 is 9.53 Å². The molecule has 0 saturated carbocycles. The molecule has 0 bridgehead atoms. The molecule has 2 N–H and O–H groups in total. The van der Waals surface area contributed by atoms with Crippen molar-refractivity contribution in [3.8, 4) is 11.8 Å². The quantitative estimate of drug-likeness (QED) is 0.518. The predicted molar refractivity (Wildman–Crippen MR) is 110 cm³/mol. The Bertz CT molecular complexity index is 631. The van der Waals surface area contributed by atoms with Gasteiger partial charge in [0.1, 0.15) is 6.10 Å². The Kier molecular flexibility index (Phi) is 8.84. The first-order chi connectivity index (χ1) is 13.0. The van der Waals surface area contributed by atoms with Gasteiger partial charge in [0.05, 0.1) is 12.5 Å². The van der Waals surface area contributed by atoms with Crippen molar-refractivity contribution in [2.75, 3.05) is 20.2 Å². The minimum Gasteiger partial charge on any atom is -0.364 e. The summed E-state index contributed by atoms with van der Waals surface area (Å²) in [5, 5.41) is 6.35. The molecule has 148 valence electrons. The molecule has 0 spiro atoms. The molecule has 0 radical (unpaired) electrons. The third-order valence-electron chi connectivity index (χ3n) is 5.37. The second kappa shape index (κ2) is 11.1. The Hall–Kier alpha value is -1.83. The number of ether oxygens (including phenoxy) is 1. The number of amides is 1. The fraction of sp³-hybridized carbons (Fsp3) is 0.609. The Balaban J connectivity index is 1.85. The van der Waals surface area contributed by atoms with Gasteiger partial charge in [-0.05, 0) is 52.1 Å². The van der Waals surface area contributed by atoms with Gasteiger partial charge in [0.15, 0.2) is 0 Å². The molecule has 2 rings (SSSR count). The normalized spacial score (nSPS) is 18.6. The van der Waals surface area contributed by atoms with Crippen molar-refractivity contribution in [1.82, 2.24) is 10.6 Å². The van der Waals surface area contributed by atoms with Gasteiger partial charge in [-0.25, -0.2) is 0 Å². The highest BCUT2D eigenvalue weighted by molar-refractivity contribution is 5.80. The molecule has 4 nitrogen and oxygen atoms in total. The smallest absolute Gasteiger partial charge is 0.225 e. The van der Waals surface area contributed by atoms with E-state index in [1.807, 2.05) is 25.2 Å². The summed E-state index contributed by atoms with van der Waals surface area (Å²) in [7, 11) is 1.90. The first-order valence-electron chi connectivity index (χ1n) is 10.1. The lowest BCUT2D eigenvalue weighted by molar-refractivity contribution is -0.127. The van der Waals surface area contributed by atoms with Gasteiger partial charge in [-0.2, -0.15) is 0 Å². The number of benzene rings is 1. The van der Waals surface area contributed by atoms with Gasteiger partial charge in [-0.1, -0.05) is 42.7 Å². The Morgan fingerprint density at radius 1 is 1.26 bits per heavy atom. The molecule has 27 heavy (non-hydrogen) atoms. The van der Waals surface area contributed by atoms with E-state index in [1.165, 1.54) is 24.8 Å². The van der Waals surface area contributed by atoms with Crippen molar-refractivity contribution in [3.05, 3.63) is 35.9 Å². The van der Waals surface area contributed by atoms with E-state index in [0.717, 1.165) is 12.8 Å². The van der Waals surface area contributed by atoms with Gasteiger partial charge >= 0.3 is 0 Å². The summed E-state index contributed by atoms with van der Waals surface area (Å²) >= 11 is 0. The van der Waals surface area contributed by atoms with Gasteiger partial charge in [-0.3, -0.25) is 4.79 Å². The van der Waals surface area contributed by atoms with Crippen LogP contribution in [0.5, 0.6) is 0 Å². The molecule has 1 aliphatic carbocycles. The lowest BCUT2D eigenvalue weighted by Crippen LogP contribution is -2.52. The van der Waals surface area contributed by atoms with Crippen LogP contribution >= 0.6 is 0 Å². The number of hydrogen-bond acceptors (Lipinski definition) is 3. The molecule has 1 aliphatic rings. The third-order valence-corrected chi connectivity index (χ3v) is 5.37. The molecule has 1 aromatic rings. The van der Waals surface area contributed by atoms with E-state index in [4.69, 9.17) is 4.74 Å². The largest absolute Gasteiger partial charge is 0.364 e. The maximum Gasteiger partial charge on any atom is 0.225 e. The third kappa shape index (κ3) is 7.36. The summed E-state index contributed by atoms with van der Waals surface area (Å²) in [6.07, 6.45) is 6.26. The van der Waals surface area contributed by atoms with Gasteiger partial charge in [0.25, 0.3) is 0 Å². The molecule has 0 aromatic heterocycles. The molecule has 4 heteroatoms. The maximum atomic E-state index is 12.9. The Morgan fingerprint density at radius 2 is 2.04 bits per heavy atom.